The van der Waals surface area contributed by atoms with Gasteiger partial charge in [0.1, 0.15) is 0 Å². The third-order valence-corrected chi connectivity index (χ3v) is 5.77. The number of hydrogen-bond donors (Lipinski definition) is 0. The van der Waals surface area contributed by atoms with Gasteiger partial charge in [-0.1, -0.05) is 11.3 Å². The van der Waals surface area contributed by atoms with E-state index in [0.717, 1.165) is 5.56 Å². The minimum Gasteiger partial charge on any atom is -0.493 e. The molecule has 2 heterocycles. The molecule has 32 heavy (non-hydrogen) atoms. The number of hydrogen-bond acceptors (Lipinski definition) is 9. The van der Waals surface area contributed by atoms with Crippen molar-refractivity contribution in [1.29, 1.82) is 0 Å². The first kappa shape index (κ1) is 21.4. The van der Waals surface area contributed by atoms with Gasteiger partial charge in [0.05, 0.1) is 40.1 Å². The lowest BCUT2D eigenvalue weighted by Gasteiger charge is -2.12. The molecule has 4 rings (SSSR count). The van der Waals surface area contributed by atoms with E-state index in [0.29, 0.717) is 49.6 Å². The smallest absolute Gasteiger partial charge is 0.291 e. The normalized spacial score (nSPS) is 11.6. The topological polar surface area (TPSA) is 93.4 Å². The molecule has 0 fully saturated rings. The molecule has 166 valence electrons. The van der Waals surface area contributed by atoms with E-state index in [1.165, 1.54) is 23.0 Å². The van der Waals surface area contributed by atoms with Crippen LogP contribution < -0.4 is 33.8 Å². The summed E-state index contributed by atoms with van der Waals surface area (Å²) in [5.74, 6) is 3.07. The van der Waals surface area contributed by atoms with Crippen LogP contribution in [0.5, 0.6) is 28.7 Å². The van der Waals surface area contributed by atoms with Crippen LogP contribution in [0, 0.1) is 0 Å². The molecule has 0 bridgehead atoms. The quantitative estimate of drug-likeness (QED) is 0.420. The summed E-state index contributed by atoms with van der Waals surface area (Å²) in [4.78, 5) is 17.9. The summed E-state index contributed by atoms with van der Waals surface area (Å²) < 4.78 is 28.5. The van der Waals surface area contributed by atoms with Gasteiger partial charge in [-0.15, -0.1) is 5.10 Å². The van der Waals surface area contributed by atoms with E-state index in [1.54, 1.807) is 58.8 Å². The summed E-state index contributed by atoms with van der Waals surface area (Å²) in [5.41, 5.74) is 1.17. The highest BCUT2D eigenvalue weighted by Crippen LogP contribution is 2.38. The predicted molar refractivity (Wildman–Crippen MR) is 121 cm³/mol. The van der Waals surface area contributed by atoms with Crippen LogP contribution in [0.25, 0.3) is 22.4 Å². The van der Waals surface area contributed by atoms with E-state index >= 15 is 0 Å². The molecule has 0 aliphatic heterocycles. The minimum absolute atomic E-state index is 0.266. The Bertz CT molecular complexity index is 1370. The van der Waals surface area contributed by atoms with E-state index in [9.17, 15) is 4.79 Å². The second-order valence-corrected chi connectivity index (χ2v) is 7.58. The molecule has 0 unspecified atom stereocenters. The SMILES string of the molecule is COc1ccc(-c2nc3s/c(=C\c4cc(OC)c(OC)c(OC)c4)c(=O)n3n2)cc1OC. The molecule has 2 aromatic carbocycles. The summed E-state index contributed by atoms with van der Waals surface area (Å²) in [6.07, 6.45) is 1.74. The largest absolute Gasteiger partial charge is 0.493 e. The van der Waals surface area contributed by atoms with Crippen LogP contribution in [0.15, 0.2) is 35.1 Å². The average molecular weight is 455 g/mol. The first-order chi connectivity index (χ1) is 15.5. The lowest BCUT2D eigenvalue weighted by molar-refractivity contribution is 0.324. The van der Waals surface area contributed by atoms with Crippen LogP contribution >= 0.6 is 11.3 Å². The first-order valence-corrected chi connectivity index (χ1v) is 10.3. The third-order valence-electron chi connectivity index (χ3n) is 4.81. The second-order valence-electron chi connectivity index (χ2n) is 6.57. The number of fused-ring (bicyclic) bond motifs is 1. The van der Waals surface area contributed by atoms with Gasteiger partial charge in [0.2, 0.25) is 10.7 Å². The van der Waals surface area contributed by atoms with E-state index in [4.69, 9.17) is 23.7 Å². The highest BCUT2D eigenvalue weighted by atomic mass is 32.1. The molecule has 9 nitrogen and oxygen atoms in total. The molecule has 0 atom stereocenters. The maximum atomic E-state index is 12.9. The van der Waals surface area contributed by atoms with Gasteiger partial charge < -0.3 is 23.7 Å². The third kappa shape index (κ3) is 3.69. The highest BCUT2D eigenvalue weighted by molar-refractivity contribution is 7.15. The van der Waals surface area contributed by atoms with Crippen LogP contribution in [-0.4, -0.2) is 50.1 Å². The van der Waals surface area contributed by atoms with E-state index in [2.05, 4.69) is 10.1 Å². The Hall–Kier alpha value is -3.79. The average Bonchev–Trinajstić information content (AvgIpc) is 3.37. The van der Waals surface area contributed by atoms with Crippen LogP contribution in [0.2, 0.25) is 0 Å². The van der Waals surface area contributed by atoms with Crippen molar-refractivity contribution in [2.24, 2.45) is 0 Å². The molecule has 0 aliphatic rings. The molecule has 0 spiro atoms. The monoisotopic (exact) mass is 455 g/mol. The number of aromatic nitrogens is 3. The van der Waals surface area contributed by atoms with Gasteiger partial charge in [-0.05, 0) is 42.0 Å². The Kier molecular flexibility index (Phi) is 5.87. The lowest BCUT2D eigenvalue weighted by Crippen LogP contribution is -2.23. The molecule has 0 amide bonds. The standard InChI is InChI=1S/C22H21N3O6S/c1-27-14-7-6-13(11-15(14)28-2)20-23-22-25(24-20)21(26)18(32-22)10-12-8-16(29-3)19(31-5)17(9-12)30-4/h6-11H,1-5H3/b18-10-. The summed E-state index contributed by atoms with van der Waals surface area (Å²) >= 11 is 1.24. The summed E-state index contributed by atoms with van der Waals surface area (Å²) in [7, 11) is 7.74. The van der Waals surface area contributed by atoms with Crippen LogP contribution in [0.3, 0.4) is 0 Å². The molecule has 0 radical (unpaired) electrons. The van der Waals surface area contributed by atoms with Crippen molar-refractivity contribution in [2.45, 2.75) is 0 Å². The number of rotatable bonds is 7. The van der Waals surface area contributed by atoms with E-state index < -0.39 is 0 Å². The van der Waals surface area contributed by atoms with E-state index in [-0.39, 0.29) is 5.56 Å². The van der Waals surface area contributed by atoms with Crippen molar-refractivity contribution < 1.29 is 23.7 Å². The van der Waals surface area contributed by atoms with Gasteiger partial charge in [0, 0.05) is 5.56 Å². The zero-order chi connectivity index (χ0) is 22.8. The minimum atomic E-state index is -0.266. The number of ether oxygens (including phenoxy) is 5. The van der Waals surface area contributed by atoms with Crippen molar-refractivity contribution in [3.05, 3.63) is 50.8 Å². The van der Waals surface area contributed by atoms with Gasteiger partial charge in [-0.2, -0.15) is 9.50 Å². The Balaban J connectivity index is 1.78. The van der Waals surface area contributed by atoms with Gasteiger partial charge in [0.15, 0.2) is 28.8 Å². The van der Waals surface area contributed by atoms with Crippen molar-refractivity contribution >= 4 is 22.4 Å². The lowest BCUT2D eigenvalue weighted by atomic mass is 10.1. The van der Waals surface area contributed by atoms with Crippen molar-refractivity contribution in [1.82, 2.24) is 14.6 Å². The molecule has 0 saturated heterocycles. The van der Waals surface area contributed by atoms with Crippen LogP contribution in [0.4, 0.5) is 0 Å². The zero-order valence-corrected chi connectivity index (χ0v) is 19.0. The van der Waals surface area contributed by atoms with E-state index in [1.807, 2.05) is 6.07 Å². The Labute approximate surface area is 187 Å². The molecule has 2 aromatic heterocycles. The molecule has 10 heteroatoms. The zero-order valence-electron chi connectivity index (χ0n) is 18.2. The Morgan fingerprint density at radius 3 is 2.06 bits per heavy atom. The van der Waals surface area contributed by atoms with Crippen LogP contribution in [-0.2, 0) is 0 Å². The van der Waals surface area contributed by atoms with Crippen molar-refractivity contribution in [3.63, 3.8) is 0 Å². The number of methoxy groups -OCH3 is 5. The van der Waals surface area contributed by atoms with Crippen molar-refractivity contribution in [2.75, 3.05) is 35.5 Å². The molecule has 0 N–H and O–H groups in total. The first-order valence-electron chi connectivity index (χ1n) is 9.46. The fourth-order valence-electron chi connectivity index (χ4n) is 3.27. The number of nitrogens with zero attached hydrogens (tertiary/aromatic N) is 3. The molecule has 0 saturated carbocycles. The Morgan fingerprint density at radius 1 is 0.844 bits per heavy atom. The molecule has 4 aromatic rings. The van der Waals surface area contributed by atoms with Gasteiger partial charge in [0.25, 0.3) is 5.56 Å². The number of benzene rings is 2. The van der Waals surface area contributed by atoms with Crippen LogP contribution in [0.1, 0.15) is 5.56 Å². The highest BCUT2D eigenvalue weighted by Gasteiger charge is 2.16. The second kappa shape index (κ2) is 8.75. The maximum absolute atomic E-state index is 12.9. The Morgan fingerprint density at radius 2 is 1.50 bits per heavy atom. The summed E-state index contributed by atoms with van der Waals surface area (Å²) in [6.45, 7) is 0. The van der Waals surface area contributed by atoms with Gasteiger partial charge in [-0.3, -0.25) is 4.79 Å². The summed E-state index contributed by atoms with van der Waals surface area (Å²) in [6, 6.07) is 8.89. The molecular weight excluding hydrogens is 434 g/mol. The summed E-state index contributed by atoms with van der Waals surface area (Å²) in [5, 5.41) is 4.39. The molecule has 0 aliphatic carbocycles. The number of thiazole rings is 1. The molecular formula is C22H21N3O6S. The fraction of sp³-hybridized carbons (Fsp3) is 0.227. The van der Waals surface area contributed by atoms with Crippen molar-refractivity contribution in [3.8, 4) is 40.1 Å². The van der Waals surface area contributed by atoms with Gasteiger partial charge in [-0.25, -0.2) is 0 Å². The predicted octanol–water partition coefficient (Wildman–Crippen LogP) is 2.41. The maximum Gasteiger partial charge on any atom is 0.291 e. The van der Waals surface area contributed by atoms with Gasteiger partial charge >= 0.3 is 0 Å². The fourth-order valence-corrected chi connectivity index (χ4v) is 4.18.